The van der Waals surface area contributed by atoms with Crippen LogP contribution in [-0.2, 0) is 0 Å². The van der Waals surface area contributed by atoms with Crippen LogP contribution in [0.25, 0.3) is 0 Å². The molecule has 2 rings (SSSR count). The highest BCUT2D eigenvalue weighted by Gasteiger charge is 2.21. The first-order valence-corrected chi connectivity index (χ1v) is 7.41. The van der Waals surface area contributed by atoms with Gasteiger partial charge in [0, 0.05) is 23.4 Å². The SMILES string of the molecule is COc1ccc(C(O)c2cnn(C(C)C)c2)c(OC)c1Br. The molecule has 0 aliphatic rings. The number of hydrogen-bond acceptors (Lipinski definition) is 4. The Balaban J connectivity index is 2.42. The molecule has 5 nitrogen and oxygen atoms in total. The van der Waals surface area contributed by atoms with Gasteiger partial charge in [-0.3, -0.25) is 4.68 Å². The third-order valence-corrected chi connectivity index (χ3v) is 4.03. The average molecular weight is 355 g/mol. The van der Waals surface area contributed by atoms with E-state index < -0.39 is 6.10 Å². The first-order valence-electron chi connectivity index (χ1n) is 6.62. The maximum Gasteiger partial charge on any atom is 0.142 e. The van der Waals surface area contributed by atoms with Crippen molar-refractivity contribution in [3.05, 3.63) is 40.1 Å². The van der Waals surface area contributed by atoms with E-state index >= 15 is 0 Å². The van der Waals surface area contributed by atoms with Gasteiger partial charge in [0.2, 0.25) is 0 Å². The molecule has 6 heteroatoms. The van der Waals surface area contributed by atoms with Gasteiger partial charge in [0.25, 0.3) is 0 Å². The Morgan fingerprint density at radius 1 is 1.24 bits per heavy atom. The van der Waals surface area contributed by atoms with Crippen molar-refractivity contribution in [3.8, 4) is 11.5 Å². The van der Waals surface area contributed by atoms with E-state index in [0.717, 1.165) is 5.56 Å². The van der Waals surface area contributed by atoms with Crippen molar-refractivity contribution in [1.82, 2.24) is 9.78 Å². The van der Waals surface area contributed by atoms with Crippen molar-refractivity contribution >= 4 is 15.9 Å². The van der Waals surface area contributed by atoms with E-state index in [1.54, 1.807) is 32.5 Å². The van der Waals surface area contributed by atoms with E-state index in [-0.39, 0.29) is 6.04 Å². The Morgan fingerprint density at radius 2 is 1.95 bits per heavy atom. The molecule has 0 aliphatic heterocycles. The molecule has 1 aromatic carbocycles. The molecule has 0 radical (unpaired) electrons. The van der Waals surface area contributed by atoms with Crippen LogP contribution in [0.15, 0.2) is 29.0 Å². The Labute approximate surface area is 132 Å². The summed E-state index contributed by atoms with van der Waals surface area (Å²) < 4.78 is 13.1. The van der Waals surface area contributed by atoms with Gasteiger partial charge in [-0.1, -0.05) is 0 Å². The number of aliphatic hydroxyl groups excluding tert-OH is 1. The summed E-state index contributed by atoms with van der Waals surface area (Å²) in [4.78, 5) is 0. The second-order valence-corrected chi connectivity index (χ2v) is 5.75. The Bertz CT molecular complexity index is 625. The zero-order valence-corrected chi connectivity index (χ0v) is 14.1. The van der Waals surface area contributed by atoms with Gasteiger partial charge in [0.15, 0.2) is 0 Å². The van der Waals surface area contributed by atoms with Gasteiger partial charge in [-0.2, -0.15) is 5.10 Å². The first kappa shape index (κ1) is 15.9. The minimum absolute atomic E-state index is 0.246. The molecule has 0 saturated carbocycles. The van der Waals surface area contributed by atoms with Crippen LogP contribution in [0.3, 0.4) is 0 Å². The quantitative estimate of drug-likeness (QED) is 0.894. The second-order valence-electron chi connectivity index (χ2n) is 4.95. The molecule has 0 bridgehead atoms. The lowest BCUT2D eigenvalue weighted by atomic mass is 10.0. The van der Waals surface area contributed by atoms with E-state index in [9.17, 15) is 5.11 Å². The molecule has 0 saturated heterocycles. The highest BCUT2D eigenvalue weighted by Crippen LogP contribution is 2.41. The fourth-order valence-corrected chi connectivity index (χ4v) is 2.77. The number of hydrogen-bond donors (Lipinski definition) is 1. The Morgan fingerprint density at radius 3 is 2.48 bits per heavy atom. The fourth-order valence-electron chi connectivity index (χ4n) is 2.09. The predicted octanol–water partition coefficient (Wildman–Crippen LogP) is 3.33. The highest BCUT2D eigenvalue weighted by atomic mass is 79.9. The topological polar surface area (TPSA) is 56.5 Å². The summed E-state index contributed by atoms with van der Waals surface area (Å²) in [5, 5.41) is 14.8. The standard InChI is InChI=1S/C15H19BrN2O3/c1-9(2)18-8-10(7-17-18)14(19)11-5-6-12(20-3)13(16)15(11)21-4/h5-9,14,19H,1-4H3. The zero-order chi connectivity index (χ0) is 15.6. The van der Waals surface area contributed by atoms with Crippen molar-refractivity contribution < 1.29 is 14.6 Å². The minimum atomic E-state index is -0.811. The fraction of sp³-hybridized carbons (Fsp3) is 0.400. The van der Waals surface area contributed by atoms with Gasteiger partial charge in [0.1, 0.15) is 22.1 Å². The number of aromatic nitrogens is 2. The predicted molar refractivity (Wildman–Crippen MR) is 83.9 cm³/mol. The van der Waals surface area contributed by atoms with Crippen LogP contribution in [0.4, 0.5) is 0 Å². The molecule has 0 fully saturated rings. The monoisotopic (exact) mass is 354 g/mol. The van der Waals surface area contributed by atoms with Crippen LogP contribution < -0.4 is 9.47 Å². The van der Waals surface area contributed by atoms with Crippen LogP contribution in [0.5, 0.6) is 11.5 Å². The molecule has 21 heavy (non-hydrogen) atoms. The number of methoxy groups -OCH3 is 2. The van der Waals surface area contributed by atoms with Crippen molar-refractivity contribution in [2.24, 2.45) is 0 Å². The summed E-state index contributed by atoms with van der Waals surface area (Å²) in [6.45, 7) is 4.07. The van der Waals surface area contributed by atoms with Crippen LogP contribution in [0.2, 0.25) is 0 Å². The molecular weight excluding hydrogens is 336 g/mol. The van der Waals surface area contributed by atoms with Gasteiger partial charge in [-0.05, 0) is 41.9 Å². The van der Waals surface area contributed by atoms with Crippen LogP contribution in [0.1, 0.15) is 37.1 Å². The summed E-state index contributed by atoms with van der Waals surface area (Å²) in [6, 6.07) is 3.83. The maximum atomic E-state index is 10.6. The molecule has 0 spiro atoms. The maximum absolute atomic E-state index is 10.6. The lowest BCUT2D eigenvalue weighted by Gasteiger charge is -2.16. The van der Waals surface area contributed by atoms with Crippen molar-refractivity contribution in [2.75, 3.05) is 14.2 Å². The molecular formula is C15H19BrN2O3. The molecule has 0 aliphatic carbocycles. The summed E-state index contributed by atoms with van der Waals surface area (Å²) >= 11 is 3.44. The summed E-state index contributed by atoms with van der Waals surface area (Å²) in [7, 11) is 3.15. The molecule has 1 aromatic heterocycles. The summed E-state index contributed by atoms with van der Waals surface area (Å²) in [6.07, 6.45) is 2.70. The zero-order valence-electron chi connectivity index (χ0n) is 12.5. The third-order valence-electron chi connectivity index (χ3n) is 3.28. The molecule has 1 heterocycles. The number of nitrogens with zero attached hydrogens (tertiary/aromatic N) is 2. The highest BCUT2D eigenvalue weighted by molar-refractivity contribution is 9.10. The van der Waals surface area contributed by atoms with Gasteiger partial charge in [-0.25, -0.2) is 0 Å². The smallest absolute Gasteiger partial charge is 0.142 e. The van der Waals surface area contributed by atoms with E-state index in [4.69, 9.17) is 9.47 Å². The summed E-state index contributed by atoms with van der Waals surface area (Å²) in [5.41, 5.74) is 1.38. The number of ether oxygens (including phenoxy) is 2. The van der Waals surface area contributed by atoms with Gasteiger partial charge in [-0.15, -0.1) is 0 Å². The summed E-state index contributed by atoms with van der Waals surface area (Å²) in [5.74, 6) is 1.21. The number of aliphatic hydroxyl groups is 1. The normalized spacial score (nSPS) is 12.5. The molecule has 2 aromatic rings. The third kappa shape index (κ3) is 3.06. The van der Waals surface area contributed by atoms with Crippen molar-refractivity contribution in [1.29, 1.82) is 0 Å². The number of halogens is 1. The molecule has 0 amide bonds. The van der Waals surface area contributed by atoms with E-state index in [2.05, 4.69) is 21.0 Å². The molecule has 114 valence electrons. The van der Waals surface area contributed by atoms with Gasteiger partial charge < -0.3 is 14.6 Å². The lowest BCUT2D eigenvalue weighted by molar-refractivity contribution is 0.214. The number of rotatable bonds is 5. The molecule has 1 N–H and O–H groups in total. The Hall–Kier alpha value is -1.53. The van der Waals surface area contributed by atoms with Crippen LogP contribution in [0, 0.1) is 0 Å². The molecule has 1 atom stereocenters. The van der Waals surface area contributed by atoms with E-state index in [1.165, 1.54) is 0 Å². The van der Waals surface area contributed by atoms with E-state index in [1.807, 2.05) is 24.7 Å². The Kier molecular flexibility index (Phi) is 4.90. The first-order chi connectivity index (χ1) is 9.99. The number of benzene rings is 1. The van der Waals surface area contributed by atoms with Gasteiger partial charge >= 0.3 is 0 Å². The van der Waals surface area contributed by atoms with Crippen LogP contribution >= 0.6 is 15.9 Å². The molecule has 1 unspecified atom stereocenters. The second kappa shape index (κ2) is 6.49. The lowest BCUT2D eigenvalue weighted by Crippen LogP contribution is -2.04. The van der Waals surface area contributed by atoms with Crippen molar-refractivity contribution in [3.63, 3.8) is 0 Å². The average Bonchev–Trinajstić information content (AvgIpc) is 2.96. The minimum Gasteiger partial charge on any atom is -0.495 e. The largest absolute Gasteiger partial charge is 0.495 e. The van der Waals surface area contributed by atoms with Crippen LogP contribution in [-0.4, -0.2) is 29.1 Å². The van der Waals surface area contributed by atoms with Gasteiger partial charge in [0.05, 0.1) is 20.4 Å². The van der Waals surface area contributed by atoms with Crippen molar-refractivity contribution in [2.45, 2.75) is 26.0 Å². The van der Waals surface area contributed by atoms with E-state index in [0.29, 0.717) is 21.5 Å².